The molecule has 2 rings (SSSR count). The van der Waals surface area contributed by atoms with Crippen LogP contribution in [0.4, 0.5) is 24.7 Å². The molecule has 134 valence electrons. The lowest BCUT2D eigenvalue weighted by molar-refractivity contribution is -0.137. The van der Waals surface area contributed by atoms with Crippen molar-refractivity contribution < 1.29 is 18.0 Å². The number of carbonyl (C=O) groups is 1. The predicted octanol–water partition coefficient (Wildman–Crippen LogP) is 5.22. The number of aromatic nitrogens is 1. The lowest BCUT2D eigenvalue weighted by atomic mass is 10.2. The van der Waals surface area contributed by atoms with Crippen LogP contribution < -0.4 is 10.6 Å². The molecular weight excluding hydrogens is 355 g/mol. The Balaban J connectivity index is 2.14. The maximum atomic E-state index is 12.8. The highest BCUT2D eigenvalue weighted by molar-refractivity contribution is 6.34. The molecule has 2 aromatic rings. The molecule has 0 spiro atoms. The molecule has 1 unspecified atom stereocenters. The highest BCUT2D eigenvalue weighted by Gasteiger charge is 2.31. The topological polar surface area (TPSA) is 54.0 Å². The zero-order chi connectivity index (χ0) is 18.6. The number of pyridine rings is 1. The summed E-state index contributed by atoms with van der Waals surface area (Å²) in [5, 5.41) is 5.55. The molecule has 0 fully saturated rings. The Bertz CT molecular complexity index is 748. The number of nitrogens with zero attached hydrogens (tertiary/aromatic N) is 1. The van der Waals surface area contributed by atoms with Crippen LogP contribution in [-0.2, 0) is 6.18 Å². The maximum absolute atomic E-state index is 12.8. The minimum Gasteiger partial charge on any atom is -0.368 e. The first kappa shape index (κ1) is 19.1. The number of hydrogen-bond donors (Lipinski definition) is 2. The first-order valence-electron chi connectivity index (χ1n) is 7.61. The predicted molar refractivity (Wildman–Crippen MR) is 92.0 cm³/mol. The second-order valence-corrected chi connectivity index (χ2v) is 5.94. The normalized spacial score (nSPS) is 12.6. The summed E-state index contributed by atoms with van der Waals surface area (Å²) in [5.74, 6) is 0.0202. The lowest BCUT2D eigenvalue weighted by Crippen LogP contribution is -2.16. The quantitative estimate of drug-likeness (QED) is 0.758. The van der Waals surface area contributed by atoms with E-state index in [4.69, 9.17) is 11.6 Å². The van der Waals surface area contributed by atoms with Gasteiger partial charge in [0.1, 0.15) is 5.82 Å². The van der Waals surface area contributed by atoms with Gasteiger partial charge in [-0.2, -0.15) is 13.2 Å². The monoisotopic (exact) mass is 371 g/mol. The minimum atomic E-state index is -4.52. The molecule has 25 heavy (non-hydrogen) atoms. The van der Waals surface area contributed by atoms with Gasteiger partial charge in [-0.1, -0.05) is 18.5 Å². The summed E-state index contributed by atoms with van der Waals surface area (Å²) in [5.41, 5.74) is -0.787. The van der Waals surface area contributed by atoms with Crippen LogP contribution in [0.1, 0.15) is 36.2 Å². The van der Waals surface area contributed by atoms with E-state index in [0.29, 0.717) is 5.82 Å². The van der Waals surface area contributed by atoms with Crippen molar-refractivity contribution in [3.8, 4) is 0 Å². The van der Waals surface area contributed by atoms with Crippen LogP contribution in [0, 0.1) is 0 Å². The van der Waals surface area contributed by atoms with E-state index in [9.17, 15) is 18.0 Å². The van der Waals surface area contributed by atoms with Gasteiger partial charge in [0.05, 0.1) is 21.8 Å². The van der Waals surface area contributed by atoms with Gasteiger partial charge in [0.2, 0.25) is 0 Å². The Labute approximate surface area is 148 Å². The first-order chi connectivity index (χ1) is 11.7. The molecule has 0 saturated heterocycles. The number of nitrogens with one attached hydrogen (secondary N) is 2. The van der Waals surface area contributed by atoms with Crippen LogP contribution in [0.2, 0.25) is 5.02 Å². The van der Waals surface area contributed by atoms with Gasteiger partial charge >= 0.3 is 6.18 Å². The number of amides is 1. The Morgan fingerprint density at radius 1 is 1.28 bits per heavy atom. The van der Waals surface area contributed by atoms with Crippen molar-refractivity contribution in [2.45, 2.75) is 32.5 Å². The average molecular weight is 372 g/mol. The molecule has 0 aliphatic carbocycles. The molecule has 2 N–H and O–H groups in total. The molecule has 1 aromatic carbocycles. The number of halogens is 4. The van der Waals surface area contributed by atoms with Gasteiger partial charge in [-0.15, -0.1) is 0 Å². The highest BCUT2D eigenvalue weighted by Crippen LogP contribution is 2.33. The maximum Gasteiger partial charge on any atom is 0.416 e. The van der Waals surface area contributed by atoms with Crippen molar-refractivity contribution in [2.75, 3.05) is 10.6 Å². The van der Waals surface area contributed by atoms with Crippen molar-refractivity contribution in [1.82, 2.24) is 4.98 Å². The third-order valence-corrected chi connectivity index (χ3v) is 3.90. The summed E-state index contributed by atoms with van der Waals surface area (Å²) in [6, 6.07) is 6.15. The van der Waals surface area contributed by atoms with Gasteiger partial charge in [0.25, 0.3) is 5.91 Å². The molecule has 1 atom stereocenters. The van der Waals surface area contributed by atoms with E-state index in [-0.39, 0.29) is 22.3 Å². The largest absolute Gasteiger partial charge is 0.416 e. The van der Waals surface area contributed by atoms with Crippen molar-refractivity contribution in [3.63, 3.8) is 0 Å². The smallest absolute Gasteiger partial charge is 0.368 e. The lowest BCUT2D eigenvalue weighted by Gasteiger charge is -2.13. The molecule has 0 bridgehead atoms. The van der Waals surface area contributed by atoms with Crippen LogP contribution in [0.15, 0.2) is 36.5 Å². The van der Waals surface area contributed by atoms with E-state index >= 15 is 0 Å². The van der Waals surface area contributed by atoms with Crippen molar-refractivity contribution in [2.24, 2.45) is 0 Å². The Hall–Kier alpha value is -2.28. The molecule has 0 radical (unpaired) electrons. The summed E-state index contributed by atoms with van der Waals surface area (Å²) in [7, 11) is 0. The minimum absolute atomic E-state index is 0.0179. The van der Waals surface area contributed by atoms with Crippen LogP contribution >= 0.6 is 11.6 Å². The fraction of sp³-hybridized carbons (Fsp3) is 0.294. The number of alkyl halides is 3. The Morgan fingerprint density at radius 3 is 2.56 bits per heavy atom. The molecule has 0 aliphatic rings. The van der Waals surface area contributed by atoms with E-state index in [1.54, 1.807) is 6.07 Å². The van der Waals surface area contributed by atoms with E-state index in [2.05, 4.69) is 15.6 Å². The van der Waals surface area contributed by atoms with Gasteiger partial charge < -0.3 is 10.6 Å². The van der Waals surface area contributed by atoms with Crippen LogP contribution in [0.5, 0.6) is 0 Å². The molecule has 1 amide bonds. The Morgan fingerprint density at radius 2 is 2.00 bits per heavy atom. The molecule has 1 aromatic heterocycles. The number of hydrogen-bond acceptors (Lipinski definition) is 3. The molecular formula is C17H17ClF3N3O. The van der Waals surface area contributed by atoms with Crippen LogP contribution in [0.3, 0.4) is 0 Å². The summed E-state index contributed by atoms with van der Waals surface area (Å²) >= 11 is 5.87. The summed E-state index contributed by atoms with van der Waals surface area (Å²) in [4.78, 5) is 16.3. The van der Waals surface area contributed by atoms with E-state index in [0.717, 1.165) is 24.6 Å². The fourth-order valence-electron chi connectivity index (χ4n) is 1.96. The third kappa shape index (κ3) is 5.09. The van der Waals surface area contributed by atoms with Crippen molar-refractivity contribution in [3.05, 3.63) is 52.7 Å². The number of carbonyl (C=O) groups excluding carboxylic acids is 1. The average Bonchev–Trinajstić information content (AvgIpc) is 2.56. The van der Waals surface area contributed by atoms with Gasteiger partial charge in [0, 0.05) is 12.2 Å². The van der Waals surface area contributed by atoms with Gasteiger partial charge in [-0.25, -0.2) is 4.98 Å². The second kappa shape index (κ2) is 7.74. The van der Waals surface area contributed by atoms with Gasteiger partial charge in [-0.3, -0.25) is 4.79 Å². The number of rotatable bonds is 5. The first-order valence-corrected chi connectivity index (χ1v) is 7.99. The second-order valence-electron chi connectivity index (χ2n) is 5.53. The van der Waals surface area contributed by atoms with Gasteiger partial charge in [0.15, 0.2) is 0 Å². The molecule has 4 nitrogen and oxygen atoms in total. The number of benzene rings is 1. The summed E-state index contributed by atoms with van der Waals surface area (Å²) in [6.45, 7) is 4.02. The summed E-state index contributed by atoms with van der Waals surface area (Å²) < 4.78 is 38.3. The SMILES string of the molecule is CCC(C)Nc1ccc(C(=O)Nc2cc(C(F)(F)F)ccc2Cl)cn1. The van der Waals surface area contributed by atoms with Crippen molar-refractivity contribution >= 4 is 29.0 Å². The number of anilines is 2. The van der Waals surface area contributed by atoms with E-state index < -0.39 is 17.6 Å². The zero-order valence-electron chi connectivity index (χ0n) is 13.6. The van der Waals surface area contributed by atoms with Crippen LogP contribution in [-0.4, -0.2) is 16.9 Å². The molecule has 0 aliphatic heterocycles. The molecule has 8 heteroatoms. The standard InChI is InChI=1S/C17H17ClF3N3O/c1-3-10(2)23-15-7-4-11(9-22-15)16(25)24-14-8-12(17(19,20)21)5-6-13(14)18/h4-10H,3H2,1-2H3,(H,22,23)(H,24,25). The van der Waals surface area contributed by atoms with E-state index in [1.807, 2.05) is 13.8 Å². The fourth-order valence-corrected chi connectivity index (χ4v) is 2.12. The van der Waals surface area contributed by atoms with Crippen LogP contribution in [0.25, 0.3) is 0 Å². The molecule has 1 heterocycles. The Kier molecular flexibility index (Phi) is 5.89. The third-order valence-electron chi connectivity index (χ3n) is 3.57. The summed E-state index contributed by atoms with van der Waals surface area (Å²) in [6.07, 6.45) is -2.26. The highest BCUT2D eigenvalue weighted by atomic mass is 35.5. The van der Waals surface area contributed by atoms with Crippen molar-refractivity contribution in [1.29, 1.82) is 0 Å². The van der Waals surface area contributed by atoms with E-state index in [1.165, 1.54) is 12.3 Å². The zero-order valence-corrected chi connectivity index (χ0v) is 14.4. The molecule has 0 saturated carbocycles. The van der Waals surface area contributed by atoms with Gasteiger partial charge in [-0.05, 0) is 43.7 Å².